The second-order valence-electron chi connectivity index (χ2n) is 6.29. The van der Waals surface area contributed by atoms with Gasteiger partial charge in [-0.15, -0.1) is 0 Å². The molecule has 0 radical (unpaired) electrons. The molecule has 1 aliphatic heterocycles. The van der Waals surface area contributed by atoms with Crippen molar-refractivity contribution < 1.29 is 4.79 Å². The van der Waals surface area contributed by atoms with Gasteiger partial charge >= 0.3 is 0 Å². The van der Waals surface area contributed by atoms with Crippen LogP contribution in [-0.4, -0.2) is 36.9 Å². The number of hydrogen-bond acceptors (Lipinski definition) is 3. The van der Waals surface area contributed by atoms with Crippen molar-refractivity contribution in [3.05, 3.63) is 35.4 Å². The molecule has 6 heteroatoms. The average molecular weight is 315 g/mol. The van der Waals surface area contributed by atoms with Crippen molar-refractivity contribution in [3.63, 3.8) is 0 Å². The number of hydrogen-bond donors (Lipinski definition) is 0. The number of rotatable bonds is 4. The summed E-state index contributed by atoms with van der Waals surface area (Å²) in [5.74, 6) is 0.0835. The number of carbonyl (C=O) groups excluding carboxylic acids is 1. The van der Waals surface area contributed by atoms with Crippen LogP contribution in [0, 0.1) is 6.92 Å². The first kappa shape index (κ1) is 15.8. The molecule has 6 nitrogen and oxygen atoms in total. The molecule has 0 spiro atoms. The van der Waals surface area contributed by atoms with E-state index in [1.165, 1.54) is 0 Å². The molecule has 0 aromatic carbocycles. The van der Waals surface area contributed by atoms with Crippen LogP contribution in [0.5, 0.6) is 0 Å². The van der Waals surface area contributed by atoms with Gasteiger partial charge in [0.15, 0.2) is 0 Å². The van der Waals surface area contributed by atoms with Gasteiger partial charge in [-0.3, -0.25) is 14.2 Å². The lowest BCUT2D eigenvalue weighted by molar-refractivity contribution is 0.0604. The van der Waals surface area contributed by atoms with Gasteiger partial charge in [0.25, 0.3) is 5.91 Å². The molecule has 0 bridgehead atoms. The van der Waals surface area contributed by atoms with E-state index in [0.29, 0.717) is 0 Å². The summed E-state index contributed by atoms with van der Waals surface area (Å²) in [7, 11) is 1.91. The highest BCUT2D eigenvalue weighted by molar-refractivity contribution is 5.95. The van der Waals surface area contributed by atoms with Gasteiger partial charge in [-0.05, 0) is 38.7 Å². The predicted molar refractivity (Wildman–Crippen MR) is 88.1 cm³/mol. The number of aromatic nitrogens is 4. The maximum atomic E-state index is 13.1. The second kappa shape index (κ2) is 6.56. The molecule has 0 unspecified atom stereocenters. The zero-order chi connectivity index (χ0) is 16.4. The molecule has 0 saturated carbocycles. The first-order valence-electron chi connectivity index (χ1n) is 8.44. The lowest BCUT2D eigenvalue weighted by Gasteiger charge is -2.34. The number of nitrogens with zero attached hydrogens (tertiary/aromatic N) is 5. The molecular formula is C17H25N5O. The lowest BCUT2D eigenvalue weighted by atomic mass is 9.98. The van der Waals surface area contributed by atoms with E-state index >= 15 is 0 Å². The Bertz CT molecular complexity index is 687. The number of piperidine rings is 1. The molecule has 1 aliphatic rings. The summed E-state index contributed by atoms with van der Waals surface area (Å²) in [4.78, 5) is 15.0. The van der Waals surface area contributed by atoms with Gasteiger partial charge in [0.05, 0.1) is 23.5 Å². The summed E-state index contributed by atoms with van der Waals surface area (Å²) in [6.45, 7) is 5.74. The van der Waals surface area contributed by atoms with Gasteiger partial charge in [0.2, 0.25) is 0 Å². The highest BCUT2D eigenvalue weighted by atomic mass is 16.2. The van der Waals surface area contributed by atoms with Crippen LogP contribution in [-0.2, 0) is 13.6 Å². The molecule has 1 amide bonds. The molecule has 1 saturated heterocycles. The summed E-state index contributed by atoms with van der Waals surface area (Å²) < 4.78 is 3.73. The van der Waals surface area contributed by atoms with E-state index < -0.39 is 0 Å². The first-order valence-corrected chi connectivity index (χ1v) is 8.44. The Morgan fingerprint density at radius 1 is 1.39 bits per heavy atom. The molecule has 3 heterocycles. The predicted octanol–water partition coefficient (Wildman–Crippen LogP) is 2.70. The van der Waals surface area contributed by atoms with Crippen molar-refractivity contribution in [1.82, 2.24) is 24.5 Å². The van der Waals surface area contributed by atoms with Crippen LogP contribution < -0.4 is 0 Å². The fourth-order valence-electron chi connectivity index (χ4n) is 3.34. The maximum absolute atomic E-state index is 13.1. The van der Waals surface area contributed by atoms with Gasteiger partial charge in [-0.1, -0.05) is 6.92 Å². The number of carbonyl (C=O) groups is 1. The minimum Gasteiger partial charge on any atom is -0.330 e. The Morgan fingerprint density at radius 3 is 2.91 bits per heavy atom. The fraction of sp³-hybridized carbons (Fsp3) is 0.588. The quantitative estimate of drug-likeness (QED) is 0.871. The van der Waals surface area contributed by atoms with Gasteiger partial charge in [0.1, 0.15) is 0 Å². The molecule has 2 aromatic rings. The molecule has 1 fully saturated rings. The van der Waals surface area contributed by atoms with Crippen molar-refractivity contribution in [3.8, 4) is 0 Å². The van der Waals surface area contributed by atoms with Crippen molar-refractivity contribution in [1.29, 1.82) is 0 Å². The molecule has 124 valence electrons. The van der Waals surface area contributed by atoms with Gasteiger partial charge in [0, 0.05) is 32.0 Å². The molecule has 1 atom stereocenters. The van der Waals surface area contributed by atoms with Crippen LogP contribution in [0.25, 0.3) is 0 Å². The first-order chi connectivity index (χ1) is 11.1. The molecule has 0 N–H and O–H groups in total. The van der Waals surface area contributed by atoms with Gasteiger partial charge in [-0.25, -0.2) is 0 Å². The normalized spacial score (nSPS) is 18.4. The maximum Gasteiger partial charge on any atom is 0.257 e. The topological polar surface area (TPSA) is 56.0 Å². The van der Waals surface area contributed by atoms with Crippen LogP contribution in [0.2, 0.25) is 0 Å². The van der Waals surface area contributed by atoms with E-state index in [1.54, 1.807) is 10.9 Å². The average Bonchev–Trinajstić information content (AvgIpc) is 3.14. The Labute approximate surface area is 137 Å². The number of aryl methyl sites for hydroxylation is 2. The van der Waals surface area contributed by atoms with Crippen molar-refractivity contribution in [2.45, 2.75) is 52.1 Å². The van der Waals surface area contributed by atoms with Gasteiger partial charge < -0.3 is 4.90 Å². The Kier molecular flexibility index (Phi) is 4.50. The van der Waals surface area contributed by atoms with Crippen molar-refractivity contribution >= 4 is 5.91 Å². The second-order valence-corrected chi connectivity index (χ2v) is 6.29. The Morgan fingerprint density at radius 2 is 2.22 bits per heavy atom. The van der Waals surface area contributed by atoms with Crippen LogP contribution in [0.3, 0.4) is 0 Å². The molecule has 0 aliphatic carbocycles. The third-order valence-electron chi connectivity index (χ3n) is 4.61. The molecule has 2 aromatic heterocycles. The Balaban J connectivity index is 1.87. The summed E-state index contributed by atoms with van der Waals surface area (Å²) in [5, 5.41) is 8.89. The summed E-state index contributed by atoms with van der Waals surface area (Å²) in [6, 6.07) is 2.09. The molecule has 23 heavy (non-hydrogen) atoms. The van der Waals surface area contributed by atoms with E-state index in [9.17, 15) is 4.79 Å². The monoisotopic (exact) mass is 315 g/mol. The van der Waals surface area contributed by atoms with Crippen LogP contribution in [0.1, 0.15) is 60.4 Å². The smallest absolute Gasteiger partial charge is 0.257 e. The van der Waals surface area contributed by atoms with E-state index in [2.05, 4.69) is 17.1 Å². The highest BCUT2D eigenvalue weighted by Gasteiger charge is 2.31. The van der Waals surface area contributed by atoms with Crippen molar-refractivity contribution in [2.24, 2.45) is 7.05 Å². The fourth-order valence-corrected chi connectivity index (χ4v) is 3.34. The zero-order valence-corrected chi connectivity index (χ0v) is 14.2. The summed E-state index contributed by atoms with van der Waals surface area (Å²) in [6.07, 6.45) is 7.84. The van der Waals surface area contributed by atoms with Crippen LogP contribution in [0.15, 0.2) is 18.5 Å². The minimum atomic E-state index is 0.0753. The standard InChI is InChI=1S/C17H25N5O/c1-4-9-22-13(2)14(12-18-22)17(23)21-10-6-5-7-16(21)15-8-11-20(3)19-15/h8,11-12,16H,4-7,9-10H2,1-3H3/t16-/m0/s1. The lowest BCUT2D eigenvalue weighted by Crippen LogP contribution is -2.39. The number of likely N-dealkylation sites (tertiary alicyclic amines) is 1. The van der Waals surface area contributed by atoms with E-state index in [-0.39, 0.29) is 11.9 Å². The van der Waals surface area contributed by atoms with E-state index in [4.69, 9.17) is 0 Å². The Hall–Kier alpha value is -2.11. The third-order valence-corrected chi connectivity index (χ3v) is 4.61. The number of amides is 1. The van der Waals surface area contributed by atoms with Crippen LogP contribution in [0.4, 0.5) is 0 Å². The third kappa shape index (κ3) is 3.02. The minimum absolute atomic E-state index is 0.0753. The SMILES string of the molecule is CCCn1ncc(C(=O)N2CCCC[C@H]2c2ccn(C)n2)c1C. The summed E-state index contributed by atoms with van der Waals surface area (Å²) in [5.41, 5.74) is 2.67. The zero-order valence-electron chi connectivity index (χ0n) is 14.2. The van der Waals surface area contributed by atoms with Gasteiger partial charge in [-0.2, -0.15) is 10.2 Å². The largest absolute Gasteiger partial charge is 0.330 e. The molecule has 3 rings (SSSR count). The van der Waals surface area contributed by atoms with E-state index in [0.717, 1.165) is 55.7 Å². The highest BCUT2D eigenvalue weighted by Crippen LogP contribution is 2.31. The van der Waals surface area contributed by atoms with E-state index in [1.807, 2.05) is 35.8 Å². The summed E-state index contributed by atoms with van der Waals surface area (Å²) >= 11 is 0. The van der Waals surface area contributed by atoms with Crippen LogP contribution >= 0.6 is 0 Å². The molecular weight excluding hydrogens is 290 g/mol. The van der Waals surface area contributed by atoms with Crippen molar-refractivity contribution in [2.75, 3.05) is 6.54 Å².